The van der Waals surface area contributed by atoms with Gasteiger partial charge in [-0.15, -0.1) is 30.6 Å². The lowest BCUT2D eigenvalue weighted by Gasteiger charge is -2.79. The zero-order valence-electron chi connectivity index (χ0n) is 47.5. The molecule has 0 aromatic heterocycles. The fourth-order valence-corrected chi connectivity index (χ4v) is 390. The van der Waals surface area contributed by atoms with Crippen molar-refractivity contribution in [2.24, 2.45) is 0 Å². The molecule has 12 heteroatoms. The first-order valence-corrected chi connectivity index (χ1v) is 52.0. The van der Waals surface area contributed by atoms with E-state index in [1.807, 2.05) is 0 Å². The summed E-state index contributed by atoms with van der Waals surface area (Å²) in [6, 6.07) is 0. The standard InChI is InChI=1S/C48H108Br2Cl2Si8/c1-37(2,3)55(38(4,5)6,39(7,8)9)59(51,56(40(10,11)12,41(13,14)15)42(16,17)18)53(49)54(50)60(52,57(43(19,20)21,44(22,23)24)45(25,26)27)58(46(28,29)30,47(31,32)33)48(34,35)36/h1-36H3. The Bertz CT molecular complexity index is 1130. The Morgan fingerprint density at radius 1 is 0.217 bits per heavy atom. The van der Waals surface area contributed by atoms with E-state index in [4.69, 9.17) is 30.6 Å². The third kappa shape index (κ3) is 8.35. The fourth-order valence-electron chi connectivity index (χ4n) is 21.2. The average Bonchev–Trinajstić information content (AvgIpc) is 2.77. The second kappa shape index (κ2) is 17.0. The molecule has 0 heterocycles. The predicted molar refractivity (Wildman–Crippen MR) is 312 cm³/mol. The van der Waals surface area contributed by atoms with Crippen molar-refractivity contribution in [2.45, 2.75) is 310 Å². The first kappa shape index (κ1) is 63.3. The summed E-state index contributed by atoms with van der Waals surface area (Å²) < 4.78 is 0. The second-order valence-corrected chi connectivity index (χ2v) is 123. The van der Waals surface area contributed by atoms with Crippen LogP contribution in [0.2, 0.25) is 60.5 Å². The summed E-state index contributed by atoms with van der Waals surface area (Å²) in [4.78, 5) is 0. The summed E-state index contributed by atoms with van der Waals surface area (Å²) in [6.45, 7) is 92.7. The molecule has 2 radical (unpaired) electrons. The molecule has 0 aliphatic carbocycles. The molecule has 360 valence electrons. The van der Waals surface area contributed by atoms with E-state index in [2.05, 4.69) is 249 Å². The molecule has 0 bridgehead atoms. The van der Waals surface area contributed by atoms with Crippen LogP contribution in [-0.2, 0) is 0 Å². The van der Waals surface area contributed by atoms with Crippen molar-refractivity contribution in [3.8, 4) is 0 Å². The maximum Gasteiger partial charge on any atom is 0.144 e. The molecule has 0 N–H and O–H groups in total. The predicted octanol–water partition coefficient (Wildman–Crippen LogP) is 21.1. The molecule has 0 aromatic carbocycles. The highest BCUT2D eigenvalue weighted by atomic mass is 79.9. The molecule has 0 saturated heterocycles. The fraction of sp³-hybridized carbons (Fsp3) is 1.00. The Hall–Kier alpha value is 3.28. The second-order valence-electron chi connectivity index (χ2n) is 31.9. The average molecular weight is 1140 g/mol. The molecule has 0 amide bonds. The molecule has 0 fully saturated rings. The molecule has 0 aliphatic rings. The Labute approximate surface area is 413 Å². The van der Waals surface area contributed by atoms with Gasteiger partial charge in [-0.2, -0.15) is 22.2 Å². The van der Waals surface area contributed by atoms with E-state index in [9.17, 15) is 22.2 Å². The van der Waals surface area contributed by atoms with Crippen LogP contribution in [0.3, 0.4) is 0 Å². The minimum absolute atomic E-state index is 0.0199. The summed E-state index contributed by atoms with van der Waals surface area (Å²) in [6.07, 6.45) is 0. The minimum atomic E-state index is -3.15. The van der Waals surface area contributed by atoms with Gasteiger partial charge in [-0.3, -0.25) is 0 Å². The molecule has 0 saturated carbocycles. The van der Waals surface area contributed by atoms with Gasteiger partial charge in [-0.25, -0.2) is 0 Å². The van der Waals surface area contributed by atoms with Gasteiger partial charge in [0.2, 0.25) is 0 Å². The third-order valence-electron chi connectivity index (χ3n) is 16.4. The van der Waals surface area contributed by atoms with Crippen LogP contribution in [0, 0.1) is 0 Å². The molecule has 0 rings (SSSR count). The van der Waals surface area contributed by atoms with Crippen molar-refractivity contribution in [1.29, 1.82) is 0 Å². The lowest BCUT2D eigenvalue weighted by Crippen LogP contribution is -2.98. The number of halogens is 4. The summed E-state index contributed by atoms with van der Waals surface area (Å²) in [5.41, 5.74) is 0. The van der Waals surface area contributed by atoms with Crippen molar-refractivity contribution < 1.29 is 0 Å². The van der Waals surface area contributed by atoms with Gasteiger partial charge in [0.25, 0.3) is 0 Å². The van der Waals surface area contributed by atoms with Gasteiger partial charge < -0.3 is 0 Å². The SMILES string of the molecule is CC(C)(C)[Si](C(C)(C)C)(C(C)(C)C)[Si](Cl)([Si](Br)[Si](Br)[Si](Cl)([Si](C(C)(C)C)(C(C)(C)C)C(C)(C)C)[Si](C(C)(C)C)(C(C)(C)C)C(C)(C)C)[Si](C(C)(C)C)(C(C)(C)C)C(C)(C)C. The third-order valence-corrected chi connectivity index (χ3v) is 215. The van der Waals surface area contributed by atoms with Crippen molar-refractivity contribution in [3.63, 3.8) is 0 Å². The molecule has 0 atom stereocenters. The van der Waals surface area contributed by atoms with Gasteiger partial charge in [-0.05, 0) is 60.5 Å². The maximum absolute atomic E-state index is 10.3. The van der Waals surface area contributed by atoms with Crippen LogP contribution < -0.4 is 0 Å². The summed E-state index contributed by atoms with van der Waals surface area (Å²) >= 11 is 31.2. The normalized spacial score (nSPS) is 17.3. The highest BCUT2D eigenvalue weighted by Crippen LogP contribution is 2.80. The first-order valence-electron chi connectivity index (χ1n) is 23.5. The van der Waals surface area contributed by atoms with E-state index in [1.165, 1.54) is 0 Å². The van der Waals surface area contributed by atoms with Crippen LogP contribution in [0.25, 0.3) is 0 Å². The van der Waals surface area contributed by atoms with Gasteiger partial charge >= 0.3 is 0 Å². The lowest BCUT2D eigenvalue weighted by atomic mass is 10.2. The van der Waals surface area contributed by atoms with Crippen LogP contribution in [0.4, 0.5) is 0 Å². The maximum atomic E-state index is 10.3. The largest absolute Gasteiger partial charge is 0.177 e. The highest BCUT2D eigenvalue weighted by Gasteiger charge is 2.90. The molecule has 0 aromatic rings. The van der Waals surface area contributed by atoms with Crippen LogP contribution >= 0.6 is 52.7 Å². The number of hydrogen-bond donors (Lipinski definition) is 0. The van der Waals surface area contributed by atoms with E-state index >= 15 is 0 Å². The number of rotatable bonds is 7. The smallest absolute Gasteiger partial charge is 0.144 e. The lowest BCUT2D eigenvalue weighted by molar-refractivity contribution is 0.541. The van der Waals surface area contributed by atoms with Gasteiger partial charge in [0.1, 0.15) is 24.8 Å². The summed E-state index contributed by atoms with van der Waals surface area (Å²) in [7, 11) is -11.1. The van der Waals surface area contributed by atoms with Crippen LogP contribution in [0.5, 0.6) is 0 Å². The van der Waals surface area contributed by atoms with Crippen LogP contribution in [-0.4, -0.2) is 55.1 Å². The molecule has 0 nitrogen and oxygen atoms in total. The Balaban J connectivity index is 11.3. The van der Waals surface area contributed by atoms with Gasteiger partial charge in [0.15, 0.2) is 0 Å². The van der Waals surface area contributed by atoms with E-state index in [0.29, 0.717) is 0 Å². The highest BCUT2D eigenvalue weighted by molar-refractivity contribution is 9.38. The summed E-state index contributed by atoms with van der Waals surface area (Å²) in [5.74, 6) is -6.30. The molecule has 60 heavy (non-hydrogen) atoms. The zero-order chi connectivity index (χ0) is 50.2. The van der Waals surface area contributed by atoms with E-state index in [-0.39, 0.29) is 60.5 Å². The van der Waals surface area contributed by atoms with Crippen molar-refractivity contribution >= 4 is 108 Å². The monoisotopic (exact) mass is 1140 g/mol. The Morgan fingerprint density at radius 3 is 0.333 bits per heavy atom. The Kier molecular flexibility index (Phi) is 17.9. The van der Waals surface area contributed by atoms with Crippen molar-refractivity contribution in [2.75, 3.05) is 0 Å². The topological polar surface area (TPSA) is 0 Å². The Morgan fingerprint density at radius 2 is 0.283 bits per heavy atom. The van der Waals surface area contributed by atoms with E-state index in [1.54, 1.807) is 0 Å². The molecule has 0 unspecified atom stereocenters. The molecular weight excluding hydrogens is 1030 g/mol. The van der Waals surface area contributed by atoms with E-state index < -0.39 is 55.1 Å². The minimum Gasteiger partial charge on any atom is -0.177 e. The van der Waals surface area contributed by atoms with Crippen molar-refractivity contribution in [3.05, 3.63) is 0 Å². The van der Waals surface area contributed by atoms with Crippen molar-refractivity contribution in [1.82, 2.24) is 0 Å². The molecular formula is C48H108Br2Cl2Si8. The van der Waals surface area contributed by atoms with E-state index in [0.717, 1.165) is 0 Å². The van der Waals surface area contributed by atoms with Gasteiger partial charge in [0.05, 0.1) is 30.4 Å². The zero-order valence-corrected chi connectivity index (χ0v) is 60.2. The van der Waals surface area contributed by atoms with Crippen LogP contribution in [0.1, 0.15) is 249 Å². The first-order chi connectivity index (χ1) is 25.1. The molecule has 0 aliphatic heterocycles. The van der Waals surface area contributed by atoms with Gasteiger partial charge in [-0.1, -0.05) is 249 Å². The summed E-state index contributed by atoms with van der Waals surface area (Å²) in [5, 5.41) is 0.238. The number of hydrogen-bond acceptors (Lipinski definition) is 0. The van der Waals surface area contributed by atoms with Gasteiger partial charge in [0, 0.05) is 0 Å². The molecule has 0 spiro atoms. The quantitative estimate of drug-likeness (QED) is 0.176. The van der Waals surface area contributed by atoms with Crippen LogP contribution in [0.15, 0.2) is 0 Å².